The molecule has 1 aromatic heterocycles. The Bertz CT molecular complexity index is 548. The molecule has 0 spiro atoms. The molecule has 1 heterocycles. The van der Waals surface area contributed by atoms with Crippen molar-refractivity contribution in [1.82, 2.24) is 10.3 Å². The molecule has 18 heavy (non-hydrogen) atoms. The third kappa shape index (κ3) is 2.55. The Morgan fingerprint density at radius 2 is 1.94 bits per heavy atom. The molecule has 1 atom stereocenters. The summed E-state index contributed by atoms with van der Waals surface area (Å²) in [4.78, 5) is 3.95. The van der Waals surface area contributed by atoms with Gasteiger partial charge in [0.2, 0.25) is 0 Å². The van der Waals surface area contributed by atoms with Gasteiger partial charge < -0.3 is 5.32 Å². The predicted octanol–water partition coefficient (Wildman–Crippen LogP) is 3.95. The van der Waals surface area contributed by atoms with Crippen molar-refractivity contribution in [3.05, 3.63) is 63.1 Å². The van der Waals surface area contributed by atoms with Gasteiger partial charge in [-0.2, -0.15) is 0 Å². The van der Waals surface area contributed by atoms with Crippen LogP contribution >= 0.6 is 27.5 Å². The fourth-order valence-corrected chi connectivity index (χ4v) is 2.30. The van der Waals surface area contributed by atoms with E-state index in [1.807, 2.05) is 12.1 Å². The van der Waals surface area contributed by atoms with Crippen molar-refractivity contribution in [2.24, 2.45) is 0 Å². The molecule has 2 aromatic rings. The van der Waals surface area contributed by atoms with Gasteiger partial charge in [0.15, 0.2) is 0 Å². The summed E-state index contributed by atoms with van der Waals surface area (Å²) in [6.07, 6.45) is 3.36. The van der Waals surface area contributed by atoms with E-state index in [-0.39, 0.29) is 11.1 Å². The van der Waals surface area contributed by atoms with E-state index in [1.165, 1.54) is 0 Å². The van der Waals surface area contributed by atoms with Crippen molar-refractivity contribution in [2.45, 2.75) is 6.04 Å². The number of hydrogen-bond acceptors (Lipinski definition) is 2. The monoisotopic (exact) mass is 328 g/mol. The Kier molecular flexibility index (Phi) is 4.32. The van der Waals surface area contributed by atoms with Crippen LogP contribution in [0.4, 0.5) is 4.39 Å². The topological polar surface area (TPSA) is 24.9 Å². The highest BCUT2D eigenvalue weighted by atomic mass is 79.9. The number of rotatable bonds is 3. The minimum atomic E-state index is -0.415. The van der Waals surface area contributed by atoms with E-state index in [4.69, 9.17) is 11.6 Å². The number of hydrogen-bond donors (Lipinski definition) is 1. The number of nitrogens with one attached hydrogen (secondary N) is 1. The van der Waals surface area contributed by atoms with Gasteiger partial charge in [-0.25, -0.2) is 4.39 Å². The van der Waals surface area contributed by atoms with Crippen LogP contribution in [-0.4, -0.2) is 12.0 Å². The number of aromatic nitrogens is 1. The molecule has 0 aliphatic heterocycles. The molecule has 0 radical (unpaired) electrons. The van der Waals surface area contributed by atoms with Gasteiger partial charge in [0.1, 0.15) is 5.82 Å². The maximum absolute atomic E-state index is 14.2. The maximum atomic E-state index is 14.2. The molecular formula is C13H11BrClFN2. The Balaban J connectivity index is 2.50. The average Bonchev–Trinajstić information content (AvgIpc) is 2.41. The van der Waals surface area contributed by atoms with Gasteiger partial charge in [-0.15, -0.1) is 0 Å². The summed E-state index contributed by atoms with van der Waals surface area (Å²) >= 11 is 9.11. The van der Waals surface area contributed by atoms with Crippen molar-refractivity contribution >= 4 is 27.5 Å². The van der Waals surface area contributed by atoms with E-state index in [1.54, 1.807) is 31.6 Å². The highest BCUT2D eigenvalue weighted by Gasteiger charge is 2.19. The molecule has 1 unspecified atom stereocenters. The first kappa shape index (κ1) is 13.5. The van der Waals surface area contributed by atoms with Crippen molar-refractivity contribution in [3.63, 3.8) is 0 Å². The second kappa shape index (κ2) is 5.78. The minimum Gasteiger partial charge on any atom is -0.309 e. The van der Waals surface area contributed by atoms with Gasteiger partial charge in [-0.3, -0.25) is 4.98 Å². The smallest absolute Gasteiger partial charge is 0.148 e. The van der Waals surface area contributed by atoms with Crippen LogP contribution in [0.1, 0.15) is 17.2 Å². The summed E-state index contributed by atoms with van der Waals surface area (Å²) in [5.74, 6) is -0.415. The zero-order valence-electron chi connectivity index (χ0n) is 9.62. The number of halogens is 3. The molecule has 2 nitrogen and oxygen atoms in total. The van der Waals surface area contributed by atoms with Crippen molar-refractivity contribution < 1.29 is 4.39 Å². The molecule has 1 N–H and O–H groups in total. The van der Waals surface area contributed by atoms with Crippen LogP contribution < -0.4 is 5.32 Å². The van der Waals surface area contributed by atoms with Crippen LogP contribution in [0.15, 0.2) is 41.1 Å². The summed E-state index contributed by atoms with van der Waals surface area (Å²) in [6, 6.07) is 6.89. The van der Waals surface area contributed by atoms with E-state index in [9.17, 15) is 4.39 Å². The van der Waals surface area contributed by atoms with E-state index < -0.39 is 5.82 Å². The van der Waals surface area contributed by atoms with Gasteiger partial charge in [-0.1, -0.05) is 17.7 Å². The molecule has 0 aliphatic carbocycles. The molecule has 0 saturated heterocycles. The van der Waals surface area contributed by atoms with Crippen molar-refractivity contribution in [2.75, 3.05) is 7.05 Å². The van der Waals surface area contributed by atoms with Crippen LogP contribution in [0, 0.1) is 5.82 Å². The second-order valence-corrected chi connectivity index (χ2v) is 5.00. The lowest BCUT2D eigenvalue weighted by Gasteiger charge is -2.18. The Morgan fingerprint density at radius 3 is 2.56 bits per heavy atom. The lowest BCUT2D eigenvalue weighted by molar-refractivity contribution is 0.575. The SMILES string of the molecule is CNC(c1ccncc1)c1ccc(Br)c(Cl)c1F. The van der Waals surface area contributed by atoms with Crippen LogP contribution in [0.2, 0.25) is 5.02 Å². The summed E-state index contributed by atoms with van der Waals surface area (Å²) in [5, 5.41) is 3.18. The molecule has 2 rings (SSSR count). The van der Waals surface area contributed by atoms with Crippen LogP contribution in [-0.2, 0) is 0 Å². The number of pyridine rings is 1. The largest absolute Gasteiger partial charge is 0.309 e. The molecular weight excluding hydrogens is 319 g/mol. The first-order chi connectivity index (χ1) is 8.65. The van der Waals surface area contributed by atoms with E-state index in [0.29, 0.717) is 10.0 Å². The van der Waals surface area contributed by atoms with Gasteiger partial charge in [0, 0.05) is 22.4 Å². The lowest BCUT2D eigenvalue weighted by Crippen LogP contribution is -2.19. The number of nitrogens with zero attached hydrogens (tertiary/aromatic N) is 1. The van der Waals surface area contributed by atoms with E-state index in [2.05, 4.69) is 26.2 Å². The Morgan fingerprint density at radius 1 is 1.28 bits per heavy atom. The quantitative estimate of drug-likeness (QED) is 0.863. The molecule has 0 amide bonds. The standard InChI is InChI=1S/C13H11BrClFN2/c1-17-13(8-4-6-18-7-5-8)9-2-3-10(14)11(15)12(9)16/h2-7,13,17H,1H3. The maximum Gasteiger partial charge on any atom is 0.148 e. The third-order valence-electron chi connectivity index (χ3n) is 2.70. The minimum absolute atomic E-state index is 0.0989. The average molecular weight is 330 g/mol. The van der Waals surface area contributed by atoms with Gasteiger partial charge >= 0.3 is 0 Å². The molecule has 5 heteroatoms. The predicted molar refractivity (Wildman–Crippen MR) is 74.2 cm³/mol. The summed E-state index contributed by atoms with van der Waals surface area (Å²) in [6.45, 7) is 0. The van der Waals surface area contributed by atoms with Crippen molar-refractivity contribution in [1.29, 1.82) is 0 Å². The number of benzene rings is 1. The first-order valence-corrected chi connectivity index (χ1v) is 6.53. The first-order valence-electron chi connectivity index (χ1n) is 5.35. The summed E-state index contributed by atoms with van der Waals surface area (Å²) < 4.78 is 14.7. The summed E-state index contributed by atoms with van der Waals surface area (Å²) in [7, 11) is 1.78. The van der Waals surface area contributed by atoms with Gasteiger partial charge in [0.05, 0.1) is 11.1 Å². The zero-order chi connectivity index (χ0) is 13.1. The van der Waals surface area contributed by atoms with Crippen LogP contribution in [0.3, 0.4) is 0 Å². The van der Waals surface area contributed by atoms with Crippen LogP contribution in [0.5, 0.6) is 0 Å². The molecule has 94 valence electrons. The second-order valence-electron chi connectivity index (χ2n) is 3.77. The van der Waals surface area contributed by atoms with Gasteiger partial charge in [-0.05, 0) is 46.7 Å². The lowest BCUT2D eigenvalue weighted by atomic mass is 9.99. The Hall–Kier alpha value is -0.970. The summed E-state index contributed by atoms with van der Waals surface area (Å²) in [5.41, 5.74) is 1.45. The normalized spacial score (nSPS) is 12.4. The highest BCUT2D eigenvalue weighted by molar-refractivity contribution is 9.10. The van der Waals surface area contributed by atoms with E-state index in [0.717, 1.165) is 5.56 Å². The van der Waals surface area contributed by atoms with Gasteiger partial charge in [0.25, 0.3) is 0 Å². The molecule has 0 bridgehead atoms. The van der Waals surface area contributed by atoms with Crippen molar-refractivity contribution in [3.8, 4) is 0 Å². The fraction of sp³-hybridized carbons (Fsp3) is 0.154. The Labute approximate surface area is 118 Å². The fourth-order valence-electron chi connectivity index (χ4n) is 1.82. The van der Waals surface area contributed by atoms with Crippen LogP contribution in [0.25, 0.3) is 0 Å². The van der Waals surface area contributed by atoms with E-state index >= 15 is 0 Å². The molecule has 1 aromatic carbocycles. The highest BCUT2D eigenvalue weighted by Crippen LogP contribution is 2.32. The molecule has 0 aliphatic rings. The molecule has 0 fully saturated rings. The third-order valence-corrected chi connectivity index (χ3v) is 3.96. The molecule has 0 saturated carbocycles. The zero-order valence-corrected chi connectivity index (χ0v) is 12.0.